The van der Waals surface area contributed by atoms with Crippen LogP contribution in [-0.4, -0.2) is 24.0 Å². The molecular formula is C16H18BrN3O. The Balaban J connectivity index is 1.93. The summed E-state index contributed by atoms with van der Waals surface area (Å²) in [5.41, 5.74) is 1.31. The lowest BCUT2D eigenvalue weighted by atomic mass is 9.83. The number of halogens is 1. The fraction of sp³-hybridized carbons (Fsp3) is 0.375. The van der Waals surface area contributed by atoms with Crippen LogP contribution in [0.2, 0.25) is 0 Å². The summed E-state index contributed by atoms with van der Waals surface area (Å²) in [6.45, 7) is 3.73. The van der Waals surface area contributed by atoms with Crippen LogP contribution in [0, 0.1) is 5.41 Å². The quantitative estimate of drug-likeness (QED) is 0.895. The number of amides is 1. The van der Waals surface area contributed by atoms with Gasteiger partial charge in [0.25, 0.3) is 0 Å². The fourth-order valence-corrected chi connectivity index (χ4v) is 3.24. The zero-order valence-corrected chi connectivity index (χ0v) is 13.5. The predicted molar refractivity (Wildman–Crippen MR) is 88.3 cm³/mol. The molecule has 1 aliphatic heterocycles. The highest BCUT2D eigenvalue weighted by atomic mass is 79.9. The fourth-order valence-electron chi connectivity index (χ4n) is 2.89. The van der Waals surface area contributed by atoms with Gasteiger partial charge in [0.05, 0.1) is 16.6 Å². The van der Waals surface area contributed by atoms with E-state index >= 15 is 0 Å². The Bertz CT molecular complexity index is 680. The maximum atomic E-state index is 12.7. The number of aromatic nitrogens is 1. The second-order valence-corrected chi connectivity index (χ2v) is 6.46. The number of nitrogens with one attached hydrogen (secondary N) is 2. The van der Waals surface area contributed by atoms with Gasteiger partial charge in [0.15, 0.2) is 0 Å². The van der Waals surface area contributed by atoms with Gasteiger partial charge in [-0.15, -0.1) is 0 Å². The summed E-state index contributed by atoms with van der Waals surface area (Å²) in [5.74, 6) is 0.0900. The van der Waals surface area contributed by atoms with Gasteiger partial charge in [-0.3, -0.25) is 9.78 Å². The zero-order chi connectivity index (χ0) is 14.9. The normalized spacial score (nSPS) is 21.6. The summed E-state index contributed by atoms with van der Waals surface area (Å²) < 4.78 is 0.934. The zero-order valence-electron chi connectivity index (χ0n) is 11.9. The Morgan fingerprint density at radius 3 is 3.10 bits per heavy atom. The molecule has 21 heavy (non-hydrogen) atoms. The highest BCUT2D eigenvalue weighted by Gasteiger charge is 2.39. The molecule has 1 aliphatic rings. The lowest BCUT2D eigenvalue weighted by Gasteiger charge is -2.25. The predicted octanol–water partition coefficient (Wildman–Crippen LogP) is 3.33. The number of nitrogens with zero attached hydrogens (tertiary/aromatic N) is 1. The van der Waals surface area contributed by atoms with Crippen LogP contribution >= 0.6 is 15.9 Å². The van der Waals surface area contributed by atoms with Gasteiger partial charge in [0, 0.05) is 22.6 Å². The smallest absolute Gasteiger partial charge is 0.231 e. The van der Waals surface area contributed by atoms with Gasteiger partial charge in [0.1, 0.15) is 0 Å². The van der Waals surface area contributed by atoms with Crippen LogP contribution in [-0.2, 0) is 4.79 Å². The first-order chi connectivity index (χ1) is 10.1. The van der Waals surface area contributed by atoms with E-state index in [-0.39, 0.29) is 11.3 Å². The van der Waals surface area contributed by atoms with E-state index in [1.54, 1.807) is 6.20 Å². The van der Waals surface area contributed by atoms with Crippen molar-refractivity contribution in [3.63, 3.8) is 0 Å². The second kappa shape index (κ2) is 5.73. The van der Waals surface area contributed by atoms with Crippen molar-refractivity contribution in [2.75, 3.05) is 18.4 Å². The van der Waals surface area contributed by atoms with Crippen LogP contribution < -0.4 is 10.6 Å². The first-order valence-electron chi connectivity index (χ1n) is 7.21. The highest BCUT2D eigenvalue weighted by Crippen LogP contribution is 2.32. The Morgan fingerprint density at radius 2 is 2.38 bits per heavy atom. The number of hydrogen-bond acceptors (Lipinski definition) is 3. The van der Waals surface area contributed by atoms with Crippen LogP contribution in [0.3, 0.4) is 0 Å². The molecule has 3 rings (SSSR count). The van der Waals surface area contributed by atoms with Gasteiger partial charge in [-0.1, -0.05) is 19.1 Å². The molecule has 0 bridgehead atoms. The van der Waals surface area contributed by atoms with E-state index in [1.807, 2.05) is 24.3 Å². The highest BCUT2D eigenvalue weighted by molar-refractivity contribution is 9.10. The minimum absolute atomic E-state index is 0.0900. The van der Waals surface area contributed by atoms with Gasteiger partial charge in [-0.25, -0.2) is 0 Å². The van der Waals surface area contributed by atoms with Crippen LogP contribution in [0.15, 0.2) is 34.9 Å². The lowest BCUT2D eigenvalue weighted by Crippen LogP contribution is -2.37. The summed E-state index contributed by atoms with van der Waals surface area (Å²) in [7, 11) is 0. The molecule has 1 aromatic heterocycles. The third-order valence-electron chi connectivity index (χ3n) is 4.33. The summed E-state index contributed by atoms with van der Waals surface area (Å²) in [6.07, 6.45) is 3.49. The van der Waals surface area contributed by atoms with Gasteiger partial charge >= 0.3 is 0 Å². The number of rotatable bonds is 3. The average Bonchev–Trinajstić information content (AvgIpc) is 2.97. The van der Waals surface area contributed by atoms with Crippen molar-refractivity contribution in [2.45, 2.75) is 19.8 Å². The third-order valence-corrected chi connectivity index (χ3v) is 4.76. The molecule has 110 valence electrons. The molecule has 0 saturated carbocycles. The van der Waals surface area contributed by atoms with Crippen molar-refractivity contribution < 1.29 is 4.79 Å². The van der Waals surface area contributed by atoms with E-state index in [0.717, 1.165) is 47.0 Å². The lowest BCUT2D eigenvalue weighted by molar-refractivity contribution is -0.124. The van der Waals surface area contributed by atoms with Gasteiger partial charge in [0.2, 0.25) is 5.91 Å². The van der Waals surface area contributed by atoms with Crippen molar-refractivity contribution in [2.24, 2.45) is 5.41 Å². The largest absolute Gasteiger partial charge is 0.324 e. The van der Waals surface area contributed by atoms with Crippen LogP contribution in [0.25, 0.3) is 10.9 Å². The molecule has 5 heteroatoms. The molecule has 0 aliphatic carbocycles. The number of hydrogen-bond donors (Lipinski definition) is 2. The van der Waals surface area contributed by atoms with E-state index in [4.69, 9.17) is 0 Å². The van der Waals surface area contributed by atoms with E-state index in [2.05, 4.69) is 38.5 Å². The first-order valence-corrected chi connectivity index (χ1v) is 8.00. The van der Waals surface area contributed by atoms with E-state index in [1.165, 1.54) is 0 Å². The Morgan fingerprint density at radius 1 is 1.52 bits per heavy atom. The molecule has 0 radical (unpaired) electrons. The molecule has 2 N–H and O–H groups in total. The van der Waals surface area contributed by atoms with Crippen LogP contribution in [0.5, 0.6) is 0 Å². The van der Waals surface area contributed by atoms with Crippen molar-refractivity contribution >= 4 is 38.4 Å². The number of anilines is 1. The summed E-state index contributed by atoms with van der Waals surface area (Å²) in [5, 5.41) is 7.39. The number of carbonyl (C=O) groups is 1. The standard InChI is InChI=1S/C16H18BrN3O/c1-2-16(6-7-18-10-16)15(21)20-13-5-3-4-11-8-12(17)9-19-14(11)13/h3-5,8-9,18H,2,6-7,10H2,1H3,(H,20,21). The summed E-state index contributed by atoms with van der Waals surface area (Å²) in [4.78, 5) is 17.1. The van der Waals surface area contributed by atoms with E-state index < -0.39 is 0 Å². The molecule has 0 spiro atoms. The van der Waals surface area contributed by atoms with Gasteiger partial charge in [-0.05, 0) is 47.4 Å². The number of para-hydroxylation sites is 1. The Kier molecular flexibility index (Phi) is 3.95. The molecule has 4 nitrogen and oxygen atoms in total. The van der Waals surface area contributed by atoms with Gasteiger partial charge in [-0.2, -0.15) is 0 Å². The third kappa shape index (κ3) is 2.68. The molecule has 2 heterocycles. The Labute approximate surface area is 132 Å². The molecule has 1 amide bonds. The monoisotopic (exact) mass is 347 g/mol. The first kappa shape index (κ1) is 14.5. The number of pyridine rings is 1. The Hall–Kier alpha value is -1.46. The topological polar surface area (TPSA) is 54.0 Å². The van der Waals surface area contributed by atoms with Gasteiger partial charge < -0.3 is 10.6 Å². The maximum Gasteiger partial charge on any atom is 0.231 e. The van der Waals surface area contributed by atoms with Crippen molar-refractivity contribution in [1.29, 1.82) is 0 Å². The molecule has 1 atom stereocenters. The molecule has 2 aromatic rings. The number of fused-ring (bicyclic) bond motifs is 1. The molecule has 1 saturated heterocycles. The van der Waals surface area contributed by atoms with Crippen LogP contribution in [0.1, 0.15) is 19.8 Å². The molecule has 1 aromatic carbocycles. The number of carbonyl (C=O) groups excluding carboxylic acids is 1. The summed E-state index contributed by atoms with van der Waals surface area (Å²) in [6, 6.07) is 7.85. The maximum absolute atomic E-state index is 12.7. The summed E-state index contributed by atoms with van der Waals surface area (Å²) >= 11 is 3.42. The minimum atomic E-state index is -0.294. The van der Waals surface area contributed by atoms with Crippen LogP contribution in [0.4, 0.5) is 5.69 Å². The molecule has 1 unspecified atom stereocenters. The van der Waals surface area contributed by atoms with E-state index in [9.17, 15) is 4.79 Å². The van der Waals surface area contributed by atoms with Crippen molar-refractivity contribution in [3.8, 4) is 0 Å². The average molecular weight is 348 g/mol. The minimum Gasteiger partial charge on any atom is -0.324 e. The van der Waals surface area contributed by atoms with Crippen molar-refractivity contribution in [1.82, 2.24) is 10.3 Å². The second-order valence-electron chi connectivity index (χ2n) is 5.55. The van der Waals surface area contributed by atoms with Crippen molar-refractivity contribution in [3.05, 3.63) is 34.9 Å². The number of benzene rings is 1. The van der Waals surface area contributed by atoms with E-state index in [0.29, 0.717) is 0 Å². The molecule has 1 fully saturated rings. The molecular weight excluding hydrogens is 330 g/mol. The SMILES string of the molecule is CCC1(C(=O)Nc2cccc3cc(Br)cnc23)CCNC1.